The number of alkyl carbamates (subject to hydrolysis) is 1. The third kappa shape index (κ3) is 6.84. The van der Waals surface area contributed by atoms with E-state index >= 15 is 0 Å². The first-order valence-electron chi connectivity index (χ1n) is 8.97. The minimum absolute atomic E-state index is 0.0854. The smallest absolute Gasteiger partial charge is 0.408 e. The van der Waals surface area contributed by atoms with Crippen molar-refractivity contribution < 1.29 is 23.8 Å². The topological polar surface area (TPSA) is 85.9 Å². The van der Waals surface area contributed by atoms with Gasteiger partial charge in [-0.1, -0.05) is 44.2 Å². The quantitative estimate of drug-likeness (QED) is 0.678. The molecule has 1 atom stereocenters. The Morgan fingerprint density at radius 2 is 1.59 bits per heavy atom. The maximum atomic E-state index is 12.7. The summed E-state index contributed by atoms with van der Waals surface area (Å²) < 4.78 is 16.4. The highest BCUT2D eigenvalue weighted by Gasteiger charge is 2.34. The molecule has 2 amide bonds. The van der Waals surface area contributed by atoms with Crippen molar-refractivity contribution in [3.8, 4) is 0 Å². The highest BCUT2D eigenvalue weighted by molar-refractivity contribution is 5.86. The number of benzene rings is 1. The summed E-state index contributed by atoms with van der Waals surface area (Å²) >= 11 is 0. The van der Waals surface area contributed by atoms with Crippen LogP contribution in [0.25, 0.3) is 0 Å². The number of nitrogens with one attached hydrogen (secondary N) is 2. The van der Waals surface area contributed by atoms with Crippen LogP contribution < -0.4 is 10.6 Å². The third-order valence-corrected chi connectivity index (χ3v) is 3.99. The number of rotatable bonds is 8. The molecule has 0 heterocycles. The van der Waals surface area contributed by atoms with Crippen molar-refractivity contribution in [3.05, 3.63) is 35.9 Å². The van der Waals surface area contributed by atoms with Gasteiger partial charge in [-0.15, -0.1) is 0 Å². The van der Waals surface area contributed by atoms with Crippen LogP contribution in [0.5, 0.6) is 0 Å². The average molecular weight is 380 g/mol. The van der Waals surface area contributed by atoms with Crippen molar-refractivity contribution in [1.82, 2.24) is 10.6 Å². The molecule has 1 rings (SSSR count). The van der Waals surface area contributed by atoms with E-state index in [1.54, 1.807) is 20.8 Å². The molecule has 0 radical (unpaired) electrons. The Kier molecular flexibility index (Phi) is 8.24. The SMILES string of the molecule is COC(CNC(=O)C(NC(=O)OC(C)(C)C)C(C)C)(OC)c1ccccc1. The second kappa shape index (κ2) is 9.71. The van der Waals surface area contributed by atoms with E-state index in [4.69, 9.17) is 14.2 Å². The van der Waals surface area contributed by atoms with E-state index in [2.05, 4.69) is 10.6 Å². The van der Waals surface area contributed by atoms with Gasteiger partial charge in [0.05, 0.1) is 6.54 Å². The normalized spacial score (nSPS) is 13.2. The van der Waals surface area contributed by atoms with Gasteiger partial charge < -0.3 is 24.8 Å². The Bertz CT molecular complexity index is 607. The summed E-state index contributed by atoms with van der Waals surface area (Å²) in [5, 5.41) is 5.44. The van der Waals surface area contributed by atoms with Gasteiger partial charge in [-0.3, -0.25) is 4.79 Å². The molecule has 1 aromatic rings. The zero-order valence-electron chi connectivity index (χ0n) is 17.3. The molecule has 152 valence electrons. The van der Waals surface area contributed by atoms with Crippen molar-refractivity contribution in [2.45, 2.75) is 52.0 Å². The first-order chi connectivity index (χ1) is 12.5. The zero-order valence-corrected chi connectivity index (χ0v) is 17.3. The van der Waals surface area contributed by atoms with Crippen molar-refractivity contribution in [1.29, 1.82) is 0 Å². The number of carbonyl (C=O) groups is 2. The minimum atomic E-state index is -1.12. The van der Waals surface area contributed by atoms with Gasteiger partial charge in [0.1, 0.15) is 11.6 Å². The summed E-state index contributed by atoms with van der Waals surface area (Å²) in [6.45, 7) is 9.08. The maximum Gasteiger partial charge on any atom is 0.408 e. The Labute approximate surface area is 161 Å². The molecule has 0 saturated carbocycles. The fourth-order valence-electron chi connectivity index (χ4n) is 2.54. The van der Waals surface area contributed by atoms with Gasteiger partial charge in [-0.05, 0) is 26.7 Å². The second-order valence-corrected chi connectivity index (χ2v) is 7.61. The van der Waals surface area contributed by atoms with Crippen LogP contribution in [0.2, 0.25) is 0 Å². The van der Waals surface area contributed by atoms with Crippen molar-refractivity contribution in [3.63, 3.8) is 0 Å². The Morgan fingerprint density at radius 3 is 2.04 bits per heavy atom. The van der Waals surface area contributed by atoms with Crippen LogP contribution in [0.4, 0.5) is 4.79 Å². The molecule has 2 N–H and O–H groups in total. The Morgan fingerprint density at radius 1 is 1.04 bits per heavy atom. The lowest BCUT2D eigenvalue weighted by Crippen LogP contribution is -2.53. The van der Waals surface area contributed by atoms with Gasteiger partial charge in [0.15, 0.2) is 0 Å². The molecular formula is C20H32N2O5. The second-order valence-electron chi connectivity index (χ2n) is 7.61. The molecule has 0 bridgehead atoms. The van der Waals surface area contributed by atoms with Gasteiger partial charge >= 0.3 is 6.09 Å². The lowest BCUT2D eigenvalue weighted by Gasteiger charge is -2.32. The molecule has 0 fully saturated rings. The number of amides is 2. The van der Waals surface area contributed by atoms with E-state index in [1.165, 1.54) is 14.2 Å². The first kappa shape index (κ1) is 22.9. The number of hydrogen-bond acceptors (Lipinski definition) is 5. The molecule has 1 aromatic carbocycles. The summed E-state index contributed by atoms with van der Waals surface area (Å²) in [5.41, 5.74) is 0.132. The van der Waals surface area contributed by atoms with Crippen molar-refractivity contribution in [2.24, 2.45) is 5.92 Å². The molecule has 0 spiro atoms. The molecule has 0 aliphatic carbocycles. The molecule has 27 heavy (non-hydrogen) atoms. The fraction of sp³-hybridized carbons (Fsp3) is 0.600. The van der Waals surface area contributed by atoms with Crippen LogP contribution in [0.15, 0.2) is 30.3 Å². The van der Waals surface area contributed by atoms with Crippen molar-refractivity contribution >= 4 is 12.0 Å². The maximum absolute atomic E-state index is 12.7. The van der Waals surface area contributed by atoms with Crippen LogP contribution >= 0.6 is 0 Å². The minimum Gasteiger partial charge on any atom is -0.444 e. The predicted molar refractivity (Wildman–Crippen MR) is 103 cm³/mol. The number of ether oxygens (including phenoxy) is 3. The lowest BCUT2D eigenvalue weighted by molar-refractivity contribution is -0.212. The summed E-state index contributed by atoms with van der Waals surface area (Å²) in [4.78, 5) is 24.8. The highest BCUT2D eigenvalue weighted by atomic mass is 16.7. The summed E-state index contributed by atoms with van der Waals surface area (Å²) in [5.74, 6) is -1.59. The predicted octanol–water partition coefficient (Wildman–Crippen LogP) is 2.80. The van der Waals surface area contributed by atoms with E-state index in [-0.39, 0.29) is 18.4 Å². The van der Waals surface area contributed by atoms with Gasteiger partial charge in [0.25, 0.3) is 0 Å². The number of carbonyl (C=O) groups excluding carboxylic acids is 2. The number of methoxy groups -OCH3 is 2. The van der Waals surface area contributed by atoms with Crippen LogP contribution in [0.1, 0.15) is 40.2 Å². The van der Waals surface area contributed by atoms with Crippen LogP contribution in [-0.2, 0) is 24.8 Å². The standard InChI is InChI=1S/C20H32N2O5/c1-14(2)16(22-18(24)27-19(3,4)5)17(23)21-13-20(25-6,26-7)15-11-9-8-10-12-15/h8-12,14,16H,13H2,1-7H3,(H,21,23)(H,22,24). The molecule has 0 saturated heterocycles. The van der Waals surface area contributed by atoms with Gasteiger partial charge in [0.2, 0.25) is 11.7 Å². The zero-order chi connectivity index (χ0) is 20.7. The largest absolute Gasteiger partial charge is 0.444 e. The van der Waals surface area contributed by atoms with E-state index in [0.717, 1.165) is 5.56 Å². The molecule has 1 unspecified atom stereocenters. The monoisotopic (exact) mass is 380 g/mol. The Balaban J connectivity index is 2.84. The molecular weight excluding hydrogens is 348 g/mol. The highest BCUT2D eigenvalue weighted by Crippen LogP contribution is 2.25. The Hall–Kier alpha value is -2.12. The summed E-state index contributed by atoms with van der Waals surface area (Å²) in [7, 11) is 3.03. The molecule has 0 aliphatic heterocycles. The van der Waals surface area contributed by atoms with Gasteiger partial charge in [0, 0.05) is 19.8 Å². The summed E-state index contributed by atoms with van der Waals surface area (Å²) in [6.07, 6.45) is -0.635. The fourth-order valence-corrected chi connectivity index (χ4v) is 2.54. The van der Waals surface area contributed by atoms with E-state index in [0.29, 0.717) is 0 Å². The lowest BCUT2D eigenvalue weighted by atomic mass is 10.0. The van der Waals surface area contributed by atoms with Crippen LogP contribution in [0.3, 0.4) is 0 Å². The van der Waals surface area contributed by atoms with E-state index in [1.807, 2.05) is 44.2 Å². The summed E-state index contributed by atoms with van der Waals surface area (Å²) in [6, 6.07) is 8.59. The van der Waals surface area contributed by atoms with Crippen LogP contribution in [-0.4, -0.2) is 44.4 Å². The third-order valence-electron chi connectivity index (χ3n) is 3.99. The average Bonchev–Trinajstić information content (AvgIpc) is 2.60. The first-order valence-corrected chi connectivity index (χ1v) is 8.97. The number of hydrogen-bond donors (Lipinski definition) is 2. The van der Waals surface area contributed by atoms with Gasteiger partial charge in [-0.25, -0.2) is 4.79 Å². The van der Waals surface area contributed by atoms with E-state index < -0.39 is 23.5 Å². The molecule has 7 nitrogen and oxygen atoms in total. The van der Waals surface area contributed by atoms with Crippen LogP contribution in [0, 0.1) is 5.92 Å². The molecule has 0 aliphatic rings. The van der Waals surface area contributed by atoms with Gasteiger partial charge in [-0.2, -0.15) is 0 Å². The van der Waals surface area contributed by atoms with E-state index in [9.17, 15) is 9.59 Å². The molecule has 7 heteroatoms. The van der Waals surface area contributed by atoms with Crippen molar-refractivity contribution in [2.75, 3.05) is 20.8 Å². The molecule has 0 aromatic heterocycles.